The van der Waals surface area contributed by atoms with Gasteiger partial charge in [0.2, 0.25) is 0 Å². The lowest BCUT2D eigenvalue weighted by atomic mass is 10.0. The van der Waals surface area contributed by atoms with Crippen molar-refractivity contribution in [3.05, 3.63) is 64.1 Å². The van der Waals surface area contributed by atoms with Gasteiger partial charge in [0.05, 0.1) is 16.6 Å². The number of halogens is 3. The zero-order valence-electron chi connectivity index (χ0n) is 14.3. The van der Waals surface area contributed by atoms with E-state index in [4.69, 9.17) is 23.2 Å². The molecule has 4 rings (SSSR count). The number of aliphatic hydroxyl groups is 1. The molecule has 3 nitrogen and oxygen atoms in total. The number of para-hydroxylation sites is 1. The van der Waals surface area contributed by atoms with Crippen LogP contribution in [0.5, 0.6) is 0 Å². The molecule has 0 saturated carbocycles. The van der Waals surface area contributed by atoms with Crippen molar-refractivity contribution in [3.63, 3.8) is 0 Å². The van der Waals surface area contributed by atoms with Crippen LogP contribution in [0.1, 0.15) is 31.2 Å². The van der Waals surface area contributed by atoms with E-state index in [-0.39, 0.29) is 17.0 Å². The van der Waals surface area contributed by atoms with Gasteiger partial charge in [-0.15, -0.1) is 0 Å². The fraction of sp³-hybridized carbons (Fsp3) is 0.350. The molecular weight excluding hydrogens is 435 g/mol. The highest BCUT2D eigenvalue weighted by Gasteiger charge is 2.52. The van der Waals surface area contributed by atoms with Crippen LogP contribution in [0.3, 0.4) is 0 Å². The van der Waals surface area contributed by atoms with Crippen molar-refractivity contribution in [2.75, 3.05) is 18.0 Å². The first-order valence-electron chi connectivity index (χ1n) is 8.73. The van der Waals surface area contributed by atoms with E-state index >= 15 is 0 Å². The summed E-state index contributed by atoms with van der Waals surface area (Å²) in [6.45, 7) is 1.33. The van der Waals surface area contributed by atoms with Crippen LogP contribution in [0.2, 0.25) is 10.0 Å². The number of nitrogens with zero attached hydrogens (tertiary/aromatic N) is 2. The second kappa shape index (κ2) is 7.89. The monoisotopic (exact) mass is 454 g/mol. The molecule has 138 valence electrons. The van der Waals surface area contributed by atoms with E-state index in [0.29, 0.717) is 16.6 Å². The van der Waals surface area contributed by atoms with Gasteiger partial charge in [0.15, 0.2) is 6.54 Å². The van der Waals surface area contributed by atoms with Gasteiger partial charge in [-0.1, -0.05) is 47.5 Å². The molecule has 26 heavy (non-hydrogen) atoms. The first-order valence-corrected chi connectivity index (χ1v) is 9.49. The Morgan fingerprint density at radius 2 is 1.73 bits per heavy atom. The van der Waals surface area contributed by atoms with Crippen LogP contribution in [0, 0.1) is 0 Å². The molecule has 2 aliphatic rings. The molecule has 2 aromatic carbocycles. The van der Waals surface area contributed by atoms with E-state index in [9.17, 15) is 5.11 Å². The lowest BCUT2D eigenvalue weighted by molar-refractivity contribution is -0.658. The first-order chi connectivity index (χ1) is 12.1. The van der Waals surface area contributed by atoms with Crippen molar-refractivity contribution in [2.24, 2.45) is 0 Å². The van der Waals surface area contributed by atoms with Crippen LogP contribution < -0.4 is 21.9 Å². The quantitative estimate of drug-likeness (QED) is 0.697. The third-order valence-corrected chi connectivity index (χ3v) is 5.92. The van der Waals surface area contributed by atoms with Crippen molar-refractivity contribution >= 4 is 34.7 Å². The van der Waals surface area contributed by atoms with Gasteiger partial charge in [-0.05, 0) is 43.5 Å². The fourth-order valence-corrected chi connectivity index (χ4v) is 4.21. The van der Waals surface area contributed by atoms with Gasteiger partial charge in [-0.3, -0.25) is 0 Å². The summed E-state index contributed by atoms with van der Waals surface area (Å²) in [4.78, 5) is 2.24. The van der Waals surface area contributed by atoms with Gasteiger partial charge in [0.25, 0.3) is 11.6 Å². The van der Waals surface area contributed by atoms with Crippen LogP contribution in [-0.2, 0) is 5.72 Å². The molecule has 0 spiro atoms. The summed E-state index contributed by atoms with van der Waals surface area (Å²) < 4.78 is 2.16. The molecule has 0 fully saturated rings. The zero-order chi connectivity index (χ0) is 17.4. The second-order valence-corrected chi connectivity index (χ2v) is 7.56. The minimum atomic E-state index is -1.09. The number of hydrogen-bond donors (Lipinski definition) is 1. The Hall–Kier alpha value is -1.07. The Morgan fingerprint density at radius 1 is 0.962 bits per heavy atom. The van der Waals surface area contributed by atoms with Crippen molar-refractivity contribution < 1.29 is 26.7 Å². The van der Waals surface area contributed by atoms with E-state index in [2.05, 4.69) is 21.6 Å². The average molecular weight is 456 g/mol. The fourth-order valence-electron chi connectivity index (χ4n) is 3.91. The van der Waals surface area contributed by atoms with E-state index in [1.54, 1.807) is 12.1 Å². The third-order valence-electron chi connectivity index (χ3n) is 5.18. The first kappa shape index (κ1) is 19.7. The average Bonchev–Trinajstić information content (AvgIpc) is 2.78. The highest BCUT2D eigenvalue weighted by Crippen LogP contribution is 2.37. The van der Waals surface area contributed by atoms with Crippen LogP contribution >= 0.6 is 23.2 Å². The molecule has 1 atom stereocenters. The third kappa shape index (κ3) is 3.40. The lowest BCUT2D eigenvalue weighted by Gasteiger charge is -2.24. The molecule has 1 unspecified atom stereocenters. The largest absolute Gasteiger partial charge is 1.00 e. The van der Waals surface area contributed by atoms with Crippen molar-refractivity contribution in [2.45, 2.75) is 31.4 Å². The summed E-state index contributed by atoms with van der Waals surface area (Å²) in [6.07, 6.45) is 4.38. The molecule has 6 heteroatoms. The van der Waals surface area contributed by atoms with Gasteiger partial charge in [-0.2, -0.15) is 0 Å². The Bertz CT molecular complexity index is 828. The molecular formula is C20H21BrCl2N2O. The molecule has 0 saturated heterocycles. The van der Waals surface area contributed by atoms with E-state index in [0.717, 1.165) is 37.1 Å². The number of benzene rings is 2. The Kier molecular flexibility index (Phi) is 5.97. The molecule has 0 radical (unpaired) electrons. The zero-order valence-corrected chi connectivity index (χ0v) is 17.4. The van der Waals surface area contributed by atoms with E-state index < -0.39 is 5.72 Å². The van der Waals surface area contributed by atoms with Gasteiger partial charge in [0, 0.05) is 12.0 Å². The highest BCUT2D eigenvalue weighted by molar-refractivity contribution is 6.42. The smallest absolute Gasteiger partial charge is 0.271 e. The molecule has 0 aliphatic carbocycles. The van der Waals surface area contributed by atoms with Gasteiger partial charge >= 0.3 is 0 Å². The number of hydrogen-bond acceptors (Lipinski definition) is 2. The van der Waals surface area contributed by atoms with Crippen molar-refractivity contribution in [1.29, 1.82) is 0 Å². The van der Waals surface area contributed by atoms with E-state index in [1.807, 2.05) is 24.3 Å². The molecule has 2 heterocycles. The Balaban J connectivity index is 0.00000196. The van der Waals surface area contributed by atoms with Crippen molar-refractivity contribution in [1.82, 2.24) is 0 Å². The van der Waals surface area contributed by atoms with Gasteiger partial charge in [0.1, 0.15) is 5.69 Å². The van der Waals surface area contributed by atoms with Crippen LogP contribution in [0.15, 0.2) is 48.5 Å². The molecule has 1 N–H and O–H groups in total. The molecule has 2 aromatic rings. The minimum absolute atomic E-state index is 0. The standard InChI is InChI=1S/C20H21Cl2N2O.BrH/c21-17-11-10-15(13-18(17)22)20(25)14-23(16-7-3-1-4-8-16)19-9-5-2-6-12-24(19)20;/h1,3-4,7-8,10-11,13,25H,2,5-6,9,12,14H2;1H/q+1;/p-1. The van der Waals surface area contributed by atoms with Crippen LogP contribution in [0.25, 0.3) is 0 Å². The predicted molar refractivity (Wildman–Crippen MR) is 103 cm³/mol. The Morgan fingerprint density at radius 3 is 2.46 bits per heavy atom. The van der Waals surface area contributed by atoms with Gasteiger partial charge < -0.3 is 22.1 Å². The molecule has 0 aromatic heterocycles. The second-order valence-electron chi connectivity index (χ2n) is 6.75. The van der Waals surface area contributed by atoms with Crippen LogP contribution in [-0.4, -0.2) is 28.6 Å². The van der Waals surface area contributed by atoms with Crippen molar-refractivity contribution in [3.8, 4) is 0 Å². The molecule has 0 bridgehead atoms. The summed E-state index contributed by atoms with van der Waals surface area (Å²) in [5.74, 6) is 1.19. The maximum Gasteiger partial charge on any atom is 0.271 e. The number of rotatable bonds is 2. The Labute approximate surface area is 174 Å². The van der Waals surface area contributed by atoms with Crippen LogP contribution in [0.4, 0.5) is 5.69 Å². The highest BCUT2D eigenvalue weighted by atomic mass is 79.9. The summed E-state index contributed by atoms with van der Waals surface area (Å²) in [5, 5.41) is 12.7. The number of β-amino-alcohol motifs (C(OH)–C–C–N with tert-alkyl or cyclic N) is 1. The summed E-state index contributed by atoms with van der Waals surface area (Å²) in [5.41, 5.74) is 0.809. The minimum Gasteiger partial charge on any atom is -1.00 e. The topological polar surface area (TPSA) is 26.5 Å². The summed E-state index contributed by atoms with van der Waals surface area (Å²) >= 11 is 12.3. The summed E-state index contributed by atoms with van der Waals surface area (Å²) in [7, 11) is 0. The number of anilines is 1. The maximum atomic E-state index is 11.7. The predicted octanol–water partition coefficient (Wildman–Crippen LogP) is 1.65. The normalized spacial score (nSPS) is 22.7. The SMILES string of the molecule is OC1(c2ccc(Cl)c(Cl)c2)CN(c2ccccc2)C2=[N+]1CCCCC2.[Br-]. The number of amidine groups is 1. The van der Waals surface area contributed by atoms with Gasteiger partial charge in [-0.25, -0.2) is 9.48 Å². The molecule has 0 amide bonds. The van der Waals surface area contributed by atoms with E-state index in [1.165, 1.54) is 12.3 Å². The lowest BCUT2D eigenvalue weighted by Crippen LogP contribution is -3.00. The summed E-state index contributed by atoms with van der Waals surface area (Å²) in [6, 6.07) is 15.7. The molecule has 2 aliphatic heterocycles. The maximum absolute atomic E-state index is 11.7.